The summed E-state index contributed by atoms with van der Waals surface area (Å²) in [4.78, 5) is 40.9. The summed E-state index contributed by atoms with van der Waals surface area (Å²) in [5.41, 5.74) is 0.754. The molecule has 0 unspecified atom stereocenters. The third-order valence-electron chi connectivity index (χ3n) is 7.88. The predicted octanol–water partition coefficient (Wildman–Crippen LogP) is 3.47. The van der Waals surface area contributed by atoms with E-state index in [9.17, 15) is 27.6 Å². The van der Waals surface area contributed by atoms with E-state index in [-0.39, 0.29) is 25.2 Å². The first-order chi connectivity index (χ1) is 17.7. The summed E-state index contributed by atoms with van der Waals surface area (Å²) in [6, 6.07) is 10.5. The molecule has 0 bridgehead atoms. The van der Waals surface area contributed by atoms with Crippen LogP contribution in [-0.2, 0) is 26.2 Å². The lowest BCUT2D eigenvalue weighted by Crippen LogP contribution is -2.47. The molecular formula is C27H23F3N2O5. The van der Waals surface area contributed by atoms with Crippen LogP contribution in [0.1, 0.15) is 35.7 Å². The van der Waals surface area contributed by atoms with Gasteiger partial charge in [-0.15, -0.1) is 0 Å². The minimum atomic E-state index is -5.18. The number of rotatable bonds is 3. The molecular weight excluding hydrogens is 489 g/mol. The molecule has 0 saturated carbocycles. The maximum atomic E-state index is 14.0. The number of methoxy groups -OCH3 is 1. The first-order valence-corrected chi connectivity index (χ1v) is 12.0. The van der Waals surface area contributed by atoms with Crippen molar-refractivity contribution in [2.45, 2.75) is 49.2 Å². The molecule has 1 saturated heterocycles. The van der Waals surface area contributed by atoms with E-state index >= 15 is 0 Å². The topological polar surface area (TPSA) is 76.2 Å². The van der Waals surface area contributed by atoms with Crippen molar-refractivity contribution in [3.05, 3.63) is 71.3 Å². The van der Waals surface area contributed by atoms with Gasteiger partial charge in [-0.1, -0.05) is 42.5 Å². The third kappa shape index (κ3) is 3.38. The molecule has 3 aliphatic heterocycles. The van der Waals surface area contributed by atoms with E-state index in [0.29, 0.717) is 39.5 Å². The Labute approximate surface area is 210 Å². The summed E-state index contributed by atoms with van der Waals surface area (Å²) >= 11 is 0. The number of amides is 2. The van der Waals surface area contributed by atoms with Crippen molar-refractivity contribution in [2.24, 2.45) is 0 Å². The van der Waals surface area contributed by atoms with Crippen LogP contribution in [0.15, 0.2) is 54.6 Å². The number of hydrogen-bond donors (Lipinski definition) is 0. The predicted molar refractivity (Wildman–Crippen MR) is 124 cm³/mol. The van der Waals surface area contributed by atoms with Crippen LogP contribution in [0, 0.1) is 0 Å². The van der Waals surface area contributed by atoms with Gasteiger partial charge in [0.1, 0.15) is 18.3 Å². The van der Waals surface area contributed by atoms with Gasteiger partial charge in [0.05, 0.1) is 12.5 Å². The van der Waals surface area contributed by atoms with E-state index in [0.717, 1.165) is 0 Å². The summed E-state index contributed by atoms with van der Waals surface area (Å²) < 4.78 is 53.6. The Morgan fingerprint density at radius 1 is 1.16 bits per heavy atom. The van der Waals surface area contributed by atoms with Crippen molar-refractivity contribution >= 4 is 17.6 Å². The first-order valence-electron chi connectivity index (χ1n) is 12.0. The summed E-state index contributed by atoms with van der Waals surface area (Å²) in [7, 11) is 1.45. The molecule has 4 atom stereocenters. The van der Waals surface area contributed by atoms with E-state index in [2.05, 4.69) is 0 Å². The van der Waals surface area contributed by atoms with E-state index in [1.165, 1.54) is 18.1 Å². The van der Waals surface area contributed by atoms with Gasteiger partial charge in [0.25, 0.3) is 0 Å². The monoisotopic (exact) mass is 512 g/mol. The molecule has 0 aromatic heterocycles. The molecule has 2 aromatic rings. The van der Waals surface area contributed by atoms with Gasteiger partial charge in [0, 0.05) is 30.5 Å². The zero-order valence-electron chi connectivity index (χ0n) is 19.8. The summed E-state index contributed by atoms with van der Waals surface area (Å²) in [6.07, 6.45) is -3.47. The van der Waals surface area contributed by atoms with Crippen molar-refractivity contribution in [3.8, 4) is 11.5 Å². The van der Waals surface area contributed by atoms with Crippen LogP contribution in [0.25, 0.3) is 0 Å². The second-order valence-corrected chi connectivity index (χ2v) is 9.78. The van der Waals surface area contributed by atoms with Crippen molar-refractivity contribution < 1.29 is 37.0 Å². The van der Waals surface area contributed by atoms with Gasteiger partial charge in [0.15, 0.2) is 17.3 Å². The normalized spacial score (nSPS) is 27.8. The van der Waals surface area contributed by atoms with Gasteiger partial charge in [0.2, 0.25) is 5.91 Å². The second-order valence-electron chi connectivity index (χ2n) is 9.78. The Balaban J connectivity index is 1.55. The highest BCUT2D eigenvalue weighted by Gasteiger charge is 2.61. The molecule has 0 N–H and O–H groups in total. The number of allylic oxidation sites excluding steroid dienone is 1. The number of ketones is 1. The van der Waals surface area contributed by atoms with E-state index < -0.39 is 41.7 Å². The average molecular weight is 512 g/mol. The van der Waals surface area contributed by atoms with Crippen molar-refractivity contribution in [2.75, 3.05) is 13.7 Å². The fraction of sp³-hybridized carbons (Fsp3) is 0.370. The molecule has 3 heterocycles. The molecule has 2 amide bonds. The Morgan fingerprint density at radius 3 is 2.62 bits per heavy atom. The maximum Gasteiger partial charge on any atom is 0.471 e. The molecule has 6 rings (SSSR count). The largest absolute Gasteiger partial charge is 0.493 e. The number of nitrogens with zero attached hydrogens (tertiary/aromatic N) is 2. The van der Waals surface area contributed by atoms with Crippen LogP contribution in [0.2, 0.25) is 0 Å². The standard InChI is InChI=1S/C27H23F3N2O5/c1-36-19-8-7-17-21-22(19)37-20-14-16(33)9-10-26(20,21)11-12-31-23(17)32(25(35)27(28,29)30)18(24(31)34)13-15-5-3-2-4-6-15/h2-10,18,20,23H,11-14H2,1H3/t18-,20+,23-,26+/m1/s1. The molecule has 192 valence electrons. The molecule has 0 radical (unpaired) electrons. The van der Waals surface area contributed by atoms with Crippen molar-refractivity contribution in [3.63, 3.8) is 0 Å². The zero-order chi connectivity index (χ0) is 26.1. The number of halogens is 3. The lowest BCUT2D eigenvalue weighted by Gasteiger charge is -2.34. The van der Waals surface area contributed by atoms with Gasteiger partial charge < -0.3 is 14.4 Å². The molecule has 1 aliphatic carbocycles. The number of carbonyl (C=O) groups excluding carboxylic acids is 3. The summed E-state index contributed by atoms with van der Waals surface area (Å²) in [5, 5.41) is 0. The smallest absolute Gasteiger partial charge is 0.471 e. The van der Waals surface area contributed by atoms with E-state index in [1.807, 2.05) is 0 Å². The fourth-order valence-corrected chi connectivity index (χ4v) is 6.27. The van der Waals surface area contributed by atoms with Crippen LogP contribution >= 0.6 is 0 Å². The minimum absolute atomic E-state index is 0.0501. The number of alkyl halides is 3. The van der Waals surface area contributed by atoms with Gasteiger partial charge in [-0.05, 0) is 24.1 Å². The fourth-order valence-electron chi connectivity index (χ4n) is 6.27. The maximum absolute atomic E-state index is 14.0. The van der Waals surface area contributed by atoms with Gasteiger partial charge in [-0.3, -0.25) is 19.3 Å². The van der Waals surface area contributed by atoms with E-state index in [1.54, 1.807) is 48.5 Å². The molecule has 4 aliphatic rings. The van der Waals surface area contributed by atoms with Gasteiger partial charge in [-0.2, -0.15) is 13.2 Å². The highest BCUT2D eigenvalue weighted by atomic mass is 19.4. The Hall–Kier alpha value is -3.82. The zero-order valence-corrected chi connectivity index (χ0v) is 19.8. The lowest BCUT2D eigenvalue weighted by molar-refractivity contribution is -0.190. The van der Waals surface area contributed by atoms with Crippen LogP contribution in [0.3, 0.4) is 0 Å². The Bertz CT molecular complexity index is 1340. The summed E-state index contributed by atoms with van der Waals surface area (Å²) in [6.45, 7) is 0.0885. The van der Waals surface area contributed by atoms with Gasteiger partial charge >= 0.3 is 12.1 Å². The van der Waals surface area contributed by atoms with Crippen molar-refractivity contribution in [1.82, 2.24) is 9.80 Å². The third-order valence-corrected chi connectivity index (χ3v) is 7.88. The number of carbonyl (C=O) groups is 3. The molecule has 7 nitrogen and oxygen atoms in total. The number of hydrogen-bond acceptors (Lipinski definition) is 5. The first kappa shape index (κ1) is 23.6. The van der Waals surface area contributed by atoms with Crippen LogP contribution < -0.4 is 9.47 Å². The number of benzene rings is 2. The molecule has 37 heavy (non-hydrogen) atoms. The molecule has 2 aromatic carbocycles. The van der Waals surface area contributed by atoms with E-state index in [4.69, 9.17) is 9.47 Å². The van der Waals surface area contributed by atoms with Gasteiger partial charge in [-0.25, -0.2) is 0 Å². The van der Waals surface area contributed by atoms with Crippen molar-refractivity contribution in [1.29, 1.82) is 0 Å². The Kier molecular flexibility index (Phi) is 5.15. The second kappa shape index (κ2) is 8.09. The molecule has 10 heteroatoms. The summed E-state index contributed by atoms with van der Waals surface area (Å²) in [5.74, 6) is -2.02. The highest BCUT2D eigenvalue weighted by Crippen LogP contribution is 2.58. The van der Waals surface area contributed by atoms with Crippen LogP contribution in [-0.4, -0.2) is 59.4 Å². The quantitative estimate of drug-likeness (QED) is 0.630. The molecule has 1 spiro atoms. The van der Waals surface area contributed by atoms with Crippen LogP contribution in [0.5, 0.6) is 11.5 Å². The average Bonchev–Trinajstić information content (AvgIpc) is 3.28. The van der Waals surface area contributed by atoms with Crippen LogP contribution in [0.4, 0.5) is 13.2 Å². The molecule has 1 fully saturated rings. The number of fused-ring (bicyclic) bond motifs is 2. The minimum Gasteiger partial charge on any atom is -0.493 e. The highest BCUT2D eigenvalue weighted by molar-refractivity contribution is 5.95. The Morgan fingerprint density at radius 2 is 1.92 bits per heavy atom. The lowest BCUT2D eigenvalue weighted by atomic mass is 9.69. The SMILES string of the molecule is COc1ccc2c3c1O[C@H]1CC(=O)C=C[C@@]31CCN1C(=O)[C@@H](Cc3ccccc3)N(C(=O)C(F)(F)F)[C@H]21. The number of ether oxygens (including phenoxy) is 2.